The number of hydrogen-bond acceptors (Lipinski definition) is 16. The zero-order valence-electron chi connectivity index (χ0n) is 13.2. The van der Waals surface area contributed by atoms with Gasteiger partial charge in [0.15, 0.2) is 0 Å². The van der Waals surface area contributed by atoms with Gasteiger partial charge >= 0.3 is 51.8 Å². The average Bonchev–Trinajstić information content (AvgIpc) is 1.62. The minimum Gasteiger partial charge on any atom is -0.759 e. The third kappa shape index (κ3) is 36100. The van der Waals surface area contributed by atoms with E-state index in [4.69, 9.17) is 70.1 Å². The fourth-order valence-electron chi connectivity index (χ4n) is 0. The van der Waals surface area contributed by atoms with Crippen molar-refractivity contribution in [2.75, 3.05) is 0 Å². The zero-order chi connectivity index (χ0) is 18.0. The quantitative estimate of drug-likeness (QED) is 0.138. The summed E-state index contributed by atoms with van der Waals surface area (Å²) in [6.07, 6.45) is 0. The Morgan fingerprint density at radius 2 is 0.300 bits per heavy atom. The first-order valence-electron chi connectivity index (χ1n) is 2.67. The van der Waals surface area contributed by atoms with Crippen LogP contribution in [0.5, 0.6) is 0 Å². The van der Waals surface area contributed by atoms with Crippen molar-refractivity contribution in [3.63, 3.8) is 0 Å². The van der Waals surface area contributed by atoms with Crippen molar-refractivity contribution < 1.29 is 125 Å². The SMILES string of the molecule is O.O.O.O.O.O.O.O=S(=O)([O-])[O-].O=S(=O)([O-])[O-].O=S(=O)([O-])[O-].O=S(=O)([O-])[O-].[Al+3].[Al+3].[Fe+2]. The van der Waals surface area contributed by atoms with E-state index in [1.165, 1.54) is 0 Å². The number of hydrogen-bond donors (Lipinski definition) is 0. The van der Waals surface area contributed by atoms with E-state index in [0.717, 1.165) is 0 Å². The molecule has 0 atom stereocenters. The van der Waals surface area contributed by atoms with E-state index in [1.54, 1.807) is 0 Å². The van der Waals surface area contributed by atoms with Crippen LogP contribution in [0.15, 0.2) is 0 Å². The van der Waals surface area contributed by atoms with Crippen LogP contribution in [-0.4, -0.2) is 143 Å². The average molecular weight is 620 g/mol. The van der Waals surface area contributed by atoms with Gasteiger partial charge in [0.2, 0.25) is 0 Å². The molecule has 0 fully saturated rings. The van der Waals surface area contributed by atoms with Crippen LogP contribution >= 0.6 is 0 Å². The largest absolute Gasteiger partial charge is 3.00 e. The molecule has 0 aliphatic carbocycles. The van der Waals surface area contributed by atoms with Gasteiger partial charge in [0, 0.05) is 41.6 Å². The molecule has 0 aromatic rings. The fourth-order valence-corrected chi connectivity index (χ4v) is 0. The second-order valence-corrected chi connectivity index (χ2v) is 4.90. The van der Waals surface area contributed by atoms with Gasteiger partial charge in [0.05, 0.1) is 0 Å². The standard InChI is InChI=1S/2Al.Fe.4H2O4S.7H2O/c;;;4*1-5(2,3)4;;;;;;;/h;;;4*(H2,1,2,3,4);7*1H2/q2*+3;+2;;;;;;;;;;;/p-8. The van der Waals surface area contributed by atoms with Gasteiger partial charge in [0.25, 0.3) is 0 Å². The Labute approximate surface area is 201 Å². The Hall–Kier alpha value is 0.784. The molecule has 0 unspecified atom stereocenters. The van der Waals surface area contributed by atoms with E-state index >= 15 is 0 Å². The summed E-state index contributed by atoms with van der Waals surface area (Å²) in [5.41, 5.74) is 0. The summed E-state index contributed by atoms with van der Waals surface area (Å²) in [4.78, 5) is 0. The van der Waals surface area contributed by atoms with Gasteiger partial charge in [-0.25, -0.2) is 0 Å². The minimum absolute atomic E-state index is 0. The third-order valence-electron chi connectivity index (χ3n) is 0. The number of rotatable bonds is 0. The van der Waals surface area contributed by atoms with Gasteiger partial charge < -0.3 is 74.8 Å². The Kier molecular flexibility index (Phi) is 130. The molecule has 30 heavy (non-hydrogen) atoms. The second-order valence-electron chi connectivity index (χ2n) is 1.63. The molecule has 0 aromatic heterocycles. The zero-order valence-corrected chi connectivity index (χ0v) is 19.9. The maximum absolute atomic E-state index is 8.52. The van der Waals surface area contributed by atoms with Crippen LogP contribution < -0.4 is 0 Å². The van der Waals surface area contributed by atoms with Crippen molar-refractivity contribution in [2.45, 2.75) is 0 Å². The van der Waals surface area contributed by atoms with Gasteiger partial charge in [-0.2, -0.15) is 0 Å². The molecule has 0 spiro atoms. The molecule has 23 nitrogen and oxygen atoms in total. The van der Waals surface area contributed by atoms with Gasteiger partial charge in [-0.05, 0) is 0 Å². The molecule has 0 heterocycles. The molecule has 30 heteroatoms. The van der Waals surface area contributed by atoms with E-state index in [0.29, 0.717) is 0 Å². The summed E-state index contributed by atoms with van der Waals surface area (Å²) >= 11 is 0. The van der Waals surface area contributed by atoms with Gasteiger partial charge in [-0.15, -0.1) is 0 Å². The van der Waals surface area contributed by atoms with Gasteiger partial charge in [-0.3, -0.25) is 33.7 Å². The Morgan fingerprint density at radius 3 is 0.300 bits per heavy atom. The molecule has 14 N–H and O–H groups in total. The molecule has 0 bridgehead atoms. The molecule has 0 saturated heterocycles. The predicted molar refractivity (Wildman–Crippen MR) is 78.7 cm³/mol. The summed E-state index contributed by atoms with van der Waals surface area (Å²) in [7, 11) is -20.7. The van der Waals surface area contributed by atoms with Crippen molar-refractivity contribution in [1.82, 2.24) is 0 Å². The summed E-state index contributed by atoms with van der Waals surface area (Å²) in [5.74, 6) is 0. The monoisotopic (exact) mass is 620 g/mol. The topological polar surface area (TPSA) is 542 Å². The van der Waals surface area contributed by atoms with Crippen LogP contribution in [0, 0.1) is 0 Å². The van der Waals surface area contributed by atoms with Crippen molar-refractivity contribution >= 4 is 76.3 Å². The van der Waals surface area contributed by atoms with Gasteiger partial charge in [-0.1, -0.05) is 0 Å². The predicted octanol–water partition coefficient (Wildman–Crippen LogP) is -11.9. The van der Waals surface area contributed by atoms with Crippen LogP contribution in [0.4, 0.5) is 0 Å². The van der Waals surface area contributed by atoms with Crippen LogP contribution in [-0.2, 0) is 58.7 Å². The molecule has 0 aromatic carbocycles. The molecule has 0 aliphatic rings. The Bertz CT molecular complexity index is 486. The van der Waals surface area contributed by atoms with Crippen LogP contribution in [0.3, 0.4) is 0 Å². The summed E-state index contributed by atoms with van der Waals surface area (Å²) in [6.45, 7) is 0. The van der Waals surface area contributed by atoms with Crippen molar-refractivity contribution in [1.29, 1.82) is 0 Å². The van der Waals surface area contributed by atoms with E-state index in [2.05, 4.69) is 0 Å². The molecular weight excluding hydrogens is 606 g/mol. The maximum Gasteiger partial charge on any atom is 3.00 e. The molecule has 0 aliphatic heterocycles. The molecular formula is H14Al2FeO23S4. The summed E-state index contributed by atoms with van der Waals surface area (Å²) < 4.78 is 136. The molecule has 0 saturated carbocycles. The molecule has 0 rings (SSSR count). The molecule has 0 radical (unpaired) electrons. The first kappa shape index (κ1) is 96.9. The maximum atomic E-state index is 8.52. The van der Waals surface area contributed by atoms with Crippen LogP contribution in [0.2, 0.25) is 0 Å². The minimum atomic E-state index is -5.17. The Balaban J connectivity index is -0.00000000853. The Morgan fingerprint density at radius 1 is 0.300 bits per heavy atom. The second kappa shape index (κ2) is 40.2. The summed E-state index contributed by atoms with van der Waals surface area (Å²) in [6, 6.07) is 0. The first-order valence-corrected chi connectivity index (χ1v) is 8.00. The van der Waals surface area contributed by atoms with Crippen LogP contribution in [0.1, 0.15) is 0 Å². The van der Waals surface area contributed by atoms with E-state index in [-0.39, 0.29) is 90.1 Å². The summed E-state index contributed by atoms with van der Waals surface area (Å²) in [5, 5.41) is 0. The van der Waals surface area contributed by atoms with Crippen LogP contribution in [0.25, 0.3) is 0 Å². The third-order valence-corrected chi connectivity index (χ3v) is 0. The smallest absolute Gasteiger partial charge is 0.759 e. The molecule has 0 amide bonds. The fraction of sp³-hybridized carbons (Fsp3) is 0. The molecule has 190 valence electrons. The van der Waals surface area contributed by atoms with Crippen molar-refractivity contribution in [3.05, 3.63) is 0 Å². The first-order chi connectivity index (χ1) is 8.00. The van der Waals surface area contributed by atoms with Gasteiger partial charge in [0.1, 0.15) is 0 Å². The van der Waals surface area contributed by atoms with E-state index < -0.39 is 41.6 Å². The van der Waals surface area contributed by atoms with E-state index in [1.807, 2.05) is 0 Å². The normalized spacial score (nSPS) is 7.73. The van der Waals surface area contributed by atoms with Crippen molar-refractivity contribution in [2.24, 2.45) is 0 Å². The van der Waals surface area contributed by atoms with E-state index in [9.17, 15) is 0 Å². The van der Waals surface area contributed by atoms with Crippen molar-refractivity contribution in [3.8, 4) is 0 Å².